The number of carbonyl (C=O) groups is 1. The van der Waals surface area contributed by atoms with Crippen molar-refractivity contribution in [1.82, 2.24) is 0 Å². The minimum Gasteiger partial charge on any atom is -0.505 e. The van der Waals surface area contributed by atoms with Gasteiger partial charge in [-0.2, -0.15) is 0 Å². The third-order valence-corrected chi connectivity index (χ3v) is 3.24. The van der Waals surface area contributed by atoms with Crippen LogP contribution in [0.5, 0.6) is 5.75 Å². The van der Waals surface area contributed by atoms with Crippen molar-refractivity contribution >= 4 is 40.8 Å². The molecule has 3 nitrogen and oxygen atoms in total. The Hall–Kier alpha value is -1.97. The highest BCUT2D eigenvalue weighted by atomic mass is 35.5. The molecule has 0 aromatic heterocycles. The Morgan fingerprint density at radius 2 is 1.60 bits per heavy atom. The van der Waals surface area contributed by atoms with Crippen molar-refractivity contribution in [3.05, 3.63) is 63.6 Å². The van der Waals surface area contributed by atoms with E-state index in [1.165, 1.54) is 18.2 Å². The minimum atomic E-state index is -1.06. The lowest BCUT2D eigenvalue weighted by atomic mass is 10.0. The van der Waals surface area contributed by atoms with Crippen molar-refractivity contribution in [2.45, 2.75) is 0 Å². The zero-order chi connectivity index (χ0) is 14.7. The van der Waals surface area contributed by atoms with Gasteiger partial charge in [-0.3, -0.25) is 0 Å². The van der Waals surface area contributed by atoms with E-state index in [2.05, 4.69) is 0 Å². The molecule has 0 heterocycles. The lowest BCUT2D eigenvalue weighted by molar-refractivity contribution is -0.130. The van der Waals surface area contributed by atoms with E-state index >= 15 is 0 Å². The monoisotopic (exact) mass is 308 g/mol. The Labute approximate surface area is 125 Å². The summed E-state index contributed by atoms with van der Waals surface area (Å²) in [5.41, 5.74) is 1.18. The Kier molecular flexibility index (Phi) is 4.32. The average Bonchev–Trinajstić information content (AvgIpc) is 2.42. The van der Waals surface area contributed by atoms with E-state index in [0.717, 1.165) is 0 Å². The molecule has 0 amide bonds. The zero-order valence-corrected chi connectivity index (χ0v) is 11.7. The van der Waals surface area contributed by atoms with Gasteiger partial charge in [0.2, 0.25) is 0 Å². The van der Waals surface area contributed by atoms with E-state index in [1.54, 1.807) is 30.3 Å². The number of phenolic OH excluding ortho intramolecular Hbond substituents is 1. The number of halogens is 2. The Morgan fingerprint density at radius 1 is 1.05 bits per heavy atom. The highest BCUT2D eigenvalue weighted by Crippen LogP contribution is 2.34. The van der Waals surface area contributed by atoms with Gasteiger partial charge in [0, 0.05) is 0 Å². The predicted octanol–water partition coefficient (Wildman–Crippen LogP) is 4.32. The zero-order valence-electron chi connectivity index (χ0n) is 10.2. The van der Waals surface area contributed by atoms with Crippen LogP contribution in [-0.2, 0) is 4.79 Å². The molecule has 5 heteroatoms. The third kappa shape index (κ3) is 3.13. The van der Waals surface area contributed by atoms with Crippen molar-refractivity contribution in [1.29, 1.82) is 0 Å². The summed E-state index contributed by atoms with van der Waals surface area (Å²) >= 11 is 11.6. The number of hydrogen-bond donors (Lipinski definition) is 2. The van der Waals surface area contributed by atoms with Crippen molar-refractivity contribution in [3.63, 3.8) is 0 Å². The Balaban J connectivity index is 2.53. The molecule has 2 aromatic carbocycles. The summed E-state index contributed by atoms with van der Waals surface area (Å²) in [5, 5.41) is 18.9. The smallest absolute Gasteiger partial charge is 0.336 e. The van der Waals surface area contributed by atoms with E-state index in [4.69, 9.17) is 23.2 Å². The fraction of sp³-hybridized carbons (Fsp3) is 0. The number of carboxylic acids is 1. The predicted molar refractivity (Wildman–Crippen MR) is 80.1 cm³/mol. The first kappa shape index (κ1) is 14.4. The molecule has 102 valence electrons. The summed E-state index contributed by atoms with van der Waals surface area (Å²) in [7, 11) is 0. The number of aromatic hydroxyl groups is 1. The van der Waals surface area contributed by atoms with Crippen LogP contribution in [0.1, 0.15) is 11.1 Å². The summed E-state index contributed by atoms with van der Waals surface area (Å²) in [6.07, 6.45) is 1.45. The van der Waals surface area contributed by atoms with E-state index in [0.29, 0.717) is 11.1 Å². The van der Waals surface area contributed by atoms with E-state index in [1.807, 2.05) is 0 Å². The topological polar surface area (TPSA) is 57.5 Å². The normalized spacial score (nSPS) is 11.4. The molecule has 0 aliphatic rings. The molecular formula is C15H10Cl2O3. The largest absolute Gasteiger partial charge is 0.505 e. The first-order valence-corrected chi connectivity index (χ1v) is 6.43. The fourth-order valence-corrected chi connectivity index (χ4v) is 2.23. The van der Waals surface area contributed by atoms with Gasteiger partial charge in [-0.1, -0.05) is 53.5 Å². The summed E-state index contributed by atoms with van der Waals surface area (Å²) in [4.78, 5) is 11.4. The highest BCUT2D eigenvalue weighted by molar-refractivity contribution is 6.37. The van der Waals surface area contributed by atoms with Crippen molar-refractivity contribution in [2.75, 3.05) is 0 Å². The second-order valence-corrected chi connectivity index (χ2v) is 4.88. The van der Waals surface area contributed by atoms with E-state index in [-0.39, 0.29) is 21.4 Å². The quantitative estimate of drug-likeness (QED) is 0.655. The molecule has 0 fully saturated rings. The number of phenols is 1. The van der Waals surface area contributed by atoms with Crippen molar-refractivity contribution in [3.8, 4) is 5.75 Å². The summed E-state index contributed by atoms with van der Waals surface area (Å²) in [6, 6.07) is 11.6. The first-order chi connectivity index (χ1) is 9.49. The molecule has 0 bridgehead atoms. The van der Waals surface area contributed by atoms with Crippen molar-refractivity contribution in [2.24, 2.45) is 0 Å². The van der Waals surface area contributed by atoms with Crippen LogP contribution in [0.3, 0.4) is 0 Å². The van der Waals surface area contributed by atoms with Gasteiger partial charge < -0.3 is 10.2 Å². The molecule has 0 unspecified atom stereocenters. The second-order valence-electron chi connectivity index (χ2n) is 4.06. The SMILES string of the molecule is O=C(O)C(=Cc1cc(Cl)c(O)c(Cl)c1)c1ccccc1. The van der Waals surface area contributed by atoms with Crippen molar-refractivity contribution < 1.29 is 15.0 Å². The molecule has 2 N–H and O–H groups in total. The summed E-state index contributed by atoms with van der Waals surface area (Å²) in [6.45, 7) is 0. The summed E-state index contributed by atoms with van der Waals surface area (Å²) < 4.78 is 0. The maximum Gasteiger partial charge on any atom is 0.336 e. The van der Waals surface area contributed by atoms with Crippen LogP contribution in [0.4, 0.5) is 0 Å². The van der Waals surface area contributed by atoms with Crippen LogP contribution >= 0.6 is 23.2 Å². The number of hydrogen-bond acceptors (Lipinski definition) is 2. The maximum absolute atomic E-state index is 11.4. The van der Waals surface area contributed by atoms with Gasteiger partial charge >= 0.3 is 5.97 Å². The molecule has 0 saturated heterocycles. The lowest BCUT2D eigenvalue weighted by Crippen LogP contribution is -1.99. The van der Waals surface area contributed by atoms with Gasteiger partial charge in [-0.05, 0) is 29.3 Å². The van der Waals surface area contributed by atoms with Crippen LogP contribution in [-0.4, -0.2) is 16.2 Å². The summed E-state index contributed by atoms with van der Waals surface area (Å²) in [5.74, 6) is -1.28. The number of rotatable bonds is 3. The standard InChI is InChI=1S/C15H10Cl2O3/c16-12-7-9(8-13(17)14(12)18)6-11(15(19)20)10-4-2-1-3-5-10/h1-8,18H,(H,19,20). The van der Waals surface area contributed by atoms with Gasteiger partial charge in [-0.25, -0.2) is 4.79 Å². The fourth-order valence-electron chi connectivity index (χ4n) is 1.72. The maximum atomic E-state index is 11.4. The van der Waals surface area contributed by atoms with Crippen LogP contribution in [0.25, 0.3) is 11.6 Å². The van der Waals surface area contributed by atoms with Gasteiger partial charge in [0.15, 0.2) is 5.75 Å². The molecule has 0 atom stereocenters. The third-order valence-electron chi connectivity index (χ3n) is 2.67. The number of aliphatic carboxylic acids is 1. The molecule has 0 aliphatic heterocycles. The Morgan fingerprint density at radius 3 is 2.10 bits per heavy atom. The highest BCUT2D eigenvalue weighted by Gasteiger charge is 2.12. The first-order valence-electron chi connectivity index (χ1n) is 5.67. The number of benzene rings is 2. The molecule has 0 saturated carbocycles. The lowest BCUT2D eigenvalue weighted by Gasteiger charge is -2.05. The molecule has 0 radical (unpaired) electrons. The van der Waals surface area contributed by atoms with Crippen LogP contribution in [0.15, 0.2) is 42.5 Å². The van der Waals surface area contributed by atoms with Gasteiger partial charge in [0.1, 0.15) is 0 Å². The van der Waals surface area contributed by atoms with Crippen LogP contribution in [0, 0.1) is 0 Å². The molecule has 0 spiro atoms. The number of carboxylic acid groups (broad SMARTS) is 1. The average molecular weight is 309 g/mol. The van der Waals surface area contributed by atoms with E-state index in [9.17, 15) is 15.0 Å². The molecule has 0 aliphatic carbocycles. The van der Waals surface area contributed by atoms with Gasteiger partial charge in [0.05, 0.1) is 15.6 Å². The van der Waals surface area contributed by atoms with Crippen LogP contribution < -0.4 is 0 Å². The van der Waals surface area contributed by atoms with Crippen LogP contribution in [0.2, 0.25) is 10.0 Å². The molecule has 2 aromatic rings. The molecule has 20 heavy (non-hydrogen) atoms. The van der Waals surface area contributed by atoms with Gasteiger partial charge in [-0.15, -0.1) is 0 Å². The minimum absolute atomic E-state index is 0.0709. The second kappa shape index (κ2) is 5.99. The Bertz CT molecular complexity index is 656. The van der Waals surface area contributed by atoms with E-state index < -0.39 is 5.97 Å². The molecular weight excluding hydrogens is 299 g/mol. The molecule has 2 rings (SSSR count). The van der Waals surface area contributed by atoms with Gasteiger partial charge in [0.25, 0.3) is 0 Å².